The van der Waals surface area contributed by atoms with Gasteiger partial charge in [-0.1, -0.05) is 25.0 Å². The highest BCUT2D eigenvalue weighted by Crippen LogP contribution is 2.34. The summed E-state index contributed by atoms with van der Waals surface area (Å²) >= 11 is 0. The molecule has 0 radical (unpaired) electrons. The highest BCUT2D eigenvalue weighted by atomic mass is 32.2. The number of aromatic nitrogens is 1. The van der Waals surface area contributed by atoms with Crippen LogP contribution in [0.3, 0.4) is 0 Å². The minimum absolute atomic E-state index is 0.273. The van der Waals surface area contributed by atoms with E-state index in [-0.39, 0.29) is 6.54 Å². The maximum atomic E-state index is 12.3. The predicted octanol–water partition coefficient (Wildman–Crippen LogP) is 3.22. The van der Waals surface area contributed by atoms with Gasteiger partial charge in [0.2, 0.25) is 10.0 Å². The van der Waals surface area contributed by atoms with Gasteiger partial charge < -0.3 is 0 Å². The van der Waals surface area contributed by atoms with Crippen molar-refractivity contribution in [3.8, 4) is 0 Å². The molecule has 0 atom stereocenters. The van der Waals surface area contributed by atoms with Gasteiger partial charge in [0.25, 0.3) is 0 Å². The largest absolute Gasteiger partial charge is 0.265 e. The van der Waals surface area contributed by atoms with Crippen molar-refractivity contribution in [2.24, 2.45) is 0 Å². The number of hydrogen-bond donors (Lipinski definition) is 1. The fourth-order valence-corrected chi connectivity index (χ4v) is 3.96. The lowest BCUT2D eigenvalue weighted by molar-refractivity contribution is 0.581. The Hall–Kier alpha value is -1.72. The lowest BCUT2D eigenvalue weighted by atomic mass is 9.98. The third-order valence-electron chi connectivity index (χ3n) is 4.23. The van der Waals surface area contributed by atoms with Crippen LogP contribution < -0.4 is 4.72 Å². The van der Waals surface area contributed by atoms with Crippen molar-refractivity contribution in [2.75, 3.05) is 0 Å². The lowest BCUT2D eigenvalue weighted by Crippen LogP contribution is -2.23. The van der Waals surface area contributed by atoms with Gasteiger partial charge >= 0.3 is 0 Å². The van der Waals surface area contributed by atoms with E-state index in [4.69, 9.17) is 0 Å². The number of hydrogen-bond acceptors (Lipinski definition) is 3. The third-order valence-corrected chi connectivity index (χ3v) is 5.65. The molecule has 1 N–H and O–H groups in total. The van der Waals surface area contributed by atoms with E-state index in [2.05, 4.69) is 9.71 Å². The van der Waals surface area contributed by atoms with Gasteiger partial charge in [-0.05, 0) is 54.2 Å². The molecular formula is C17H20N2O2S. The summed E-state index contributed by atoms with van der Waals surface area (Å²) in [4.78, 5) is 4.24. The van der Waals surface area contributed by atoms with E-state index in [1.54, 1.807) is 36.7 Å². The topological polar surface area (TPSA) is 59.1 Å². The van der Waals surface area contributed by atoms with E-state index in [1.165, 1.54) is 31.2 Å². The van der Waals surface area contributed by atoms with Gasteiger partial charge in [0.1, 0.15) is 0 Å². The monoisotopic (exact) mass is 316 g/mol. The Labute approximate surface area is 131 Å². The molecule has 0 amide bonds. The zero-order valence-electron chi connectivity index (χ0n) is 12.4. The predicted molar refractivity (Wildman–Crippen MR) is 85.9 cm³/mol. The molecule has 1 aromatic carbocycles. The van der Waals surface area contributed by atoms with Crippen LogP contribution in [0.25, 0.3) is 0 Å². The smallest absolute Gasteiger partial charge is 0.240 e. The first-order chi connectivity index (χ1) is 10.6. The van der Waals surface area contributed by atoms with E-state index >= 15 is 0 Å². The van der Waals surface area contributed by atoms with E-state index < -0.39 is 10.0 Å². The second-order valence-electron chi connectivity index (χ2n) is 5.73. The number of benzene rings is 1. The number of rotatable bonds is 5. The second kappa shape index (κ2) is 6.58. The summed E-state index contributed by atoms with van der Waals surface area (Å²) in [7, 11) is -3.47. The molecule has 4 nitrogen and oxygen atoms in total. The first kappa shape index (κ1) is 15.2. The number of pyridine rings is 1. The average Bonchev–Trinajstić information content (AvgIpc) is 3.09. The molecule has 1 aliphatic rings. The lowest BCUT2D eigenvalue weighted by Gasteiger charge is -2.11. The second-order valence-corrected chi connectivity index (χ2v) is 7.50. The van der Waals surface area contributed by atoms with Crippen LogP contribution in [0.4, 0.5) is 0 Å². The Balaban J connectivity index is 1.69. The molecule has 0 bridgehead atoms. The maximum Gasteiger partial charge on any atom is 0.240 e. The van der Waals surface area contributed by atoms with Crippen LogP contribution in [0.1, 0.15) is 42.7 Å². The van der Waals surface area contributed by atoms with Gasteiger partial charge in [0.05, 0.1) is 4.90 Å². The fraction of sp³-hybridized carbons (Fsp3) is 0.353. The van der Waals surface area contributed by atoms with E-state index in [0.717, 1.165) is 5.56 Å². The first-order valence-corrected chi connectivity index (χ1v) is 9.12. The van der Waals surface area contributed by atoms with Crippen molar-refractivity contribution >= 4 is 10.0 Å². The van der Waals surface area contributed by atoms with E-state index in [0.29, 0.717) is 10.8 Å². The molecule has 0 aliphatic heterocycles. The van der Waals surface area contributed by atoms with Crippen molar-refractivity contribution in [3.63, 3.8) is 0 Å². The summed E-state index contributed by atoms with van der Waals surface area (Å²) in [5.74, 6) is 0.599. The molecule has 3 rings (SSSR count). The third kappa shape index (κ3) is 3.54. The molecule has 1 saturated carbocycles. The van der Waals surface area contributed by atoms with Gasteiger partial charge in [-0.2, -0.15) is 0 Å². The molecule has 1 fully saturated rings. The van der Waals surface area contributed by atoms with Gasteiger partial charge in [0.15, 0.2) is 0 Å². The molecule has 2 aromatic rings. The highest BCUT2D eigenvalue weighted by molar-refractivity contribution is 7.89. The zero-order valence-corrected chi connectivity index (χ0v) is 13.2. The minimum atomic E-state index is -3.47. The molecule has 0 spiro atoms. The Morgan fingerprint density at radius 3 is 2.27 bits per heavy atom. The first-order valence-electron chi connectivity index (χ1n) is 7.64. The zero-order chi connectivity index (χ0) is 15.4. The van der Waals surface area contributed by atoms with Crippen LogP contribution in [0.2, 0.25) is 0 Å². The molecule has 5 heteroatoms. The SMILES string of the molecule is O=S(=O)(NCc1ccncc1)c1ccc(C2CCCC2)cc1. The van der Waals surface area contributed by atoms with Gasteiger partial charge in [-0.15, -0.1) is 0 Å². The van der Waals surface area contributed by atoms with Crippen LogP contribution in [0.15, 0.2) is 53.7 Å². The average molecular weight is 316 g/mol. The molecule has 0 saturated heterocycles. The van der Waals surface area contributed by atoms with Gasteiger partial charge in [0, 0.05) is 18.9 Å². The van der Waals surface area contributed by atoms with Crippen molar-refractivity contribution in [1.29, 1.82) is 0 Å². The van der Waals surface area contributed by atoms with E-state index in [9.17, 15) is 8.42 Å². The van der Waals surface area contributed by atoms with Crippen LogP contribution >= 0.6 is 0 Å². The van der Waals surface area contributed by atoms with Crippen molar-refractivity contribution < 1.29 is 8.42 Å². The summed E-state index contributed by atoms with van der Waals surface area (Å²) in [6.45, 7) is 0.273. The normalized spacial score (nSPS) is 16.0. The minimum Gasteiger partial charge on any atom is -0.265 e. The molecular weight excluding hydrogens is 296 g/mol. The fourth-order valence-electron chi connectivity index (χ4n) is 2.94. The van der Waals surface area contributed by atoms with Crippen LogP contribution in [-0.4, -0.2) is 13.4 Å². The molecule has 22 heavy (non-hydrogen) atoms. The Morgan fingerprint density at radius 2 is 1.64 bits per heavy atom. The van der Waals surface area contributed by atoms with Crippen molar-refractivity contribution in [1.82, 2.24) is 9.71 Å². The van der Waals surface area contributed by atoms with Crippen molar-refractivity contribution in [3.05, 3.63) is 59.9 Å². The number of sulfonamides is 1. The molecule has 1 aromatic heterocycles. The summed E-state index contributed by atoms with van der Waals surface area (Å²) in [5.41, 5.74) is 2.15. The Bertz CT molecular complexity index is 706. The molecule has 116 valence electrons. The highest BCUT2D eigenvalue weighted by Gasteiger charge is 2.18. The summed E-state index contributed by atoms with van der Waals surface area (Å²) < 4.78 is 27.2. The summed E-state index contributed by atoms with van der Waals surface area (Å²) in [5, 5.41) is 0. The molecule has 1 heterocycles. The molecule has 0 unspecified atom stereocenters. The Kier molecular flexibility index (Phi) is 4.55. The Morgan fingerprint density at radius 1 is 1.00 bits per heavy atom. The van der Waals surface area contributed by atoms with Crippen molar-refractivity contribution in [2.45, 2.75) is 43.0 Å². The summed E-state index contributed by atoms with van der Waals surface area (Å²) in [6, 6.07) is 10.9. The maximum absolute atomic E-state index is 12.3. The molecule has 1 aliphatic carbocycles. The van der Waals surface area contributed by atoms with E-state index in [1.807, 2.05) is 12.1 Å². The quantitative estimate of drug-likeness (QED) is 0.921. The number of nitrogens with one attached hydrogen (secondary N) is 1. The summed E-state index contributed by atoms with van der Waals surface area (Å²) in [6.07, 6.45) is 8.29. The van der Waals surface area contributed by atoms with Gasteiger partial charge in [-0.3, -0.25) is 4.98 Å². The van der Waals surface area contributed by atoms with Crippen LogP contribution in [0, 0.1) is 0 Å². The van der Waals surface area contributed by atoms with Gasteiger partial charge in [-0.25, -0.2) is 13.1 Å². The standard InChI is InChI=1S/C17H20N2O2S/c20-22(21,19-13-14-9-11-18-12-10-14)17-7-5-16(6-8-17)15-3-1-2-4-15/h5-12,15,19H,1-4,13H2. The van der Waals surface area contributed by atoms with Crippen LogP contribution in [-0.2, 0) is 16.6 Å². The number of nitrogens with zero attached hydrogens (tertiary/aromatic N) is 1. The van der Waals surface area contributed by atoms with Crippen LogP contribution in [0.5, 0.6) is 0 Å².